The van der Waals surface area contributed by atoms with Crippen LogP contribution in [0.1, 0.15) is 53.0 Å². The molecule has 0 spiro atoms. The van der Waals surface area contributed by atoms with Gasteiger partial charge in [-0.25, -0.2) is 9.97 Å². The van der Waals surface area contributed by atoms with Gasteiger partial charge in [0.1, 0.15) is 0 Å². The first-order chi connectivity index (χ1) is 19.7. The zero-order valence-corrected chi connectivity index (χ0v) is 23.3. The van der Waals surface area contributed by atoms with Crippen molar-refractivity contribution in [3.8, 4) is 23.3 Å². The summed E-state index contributed by atoms with van der Waals surface area (Å²) in [5.41, 5.74) is 2.03. The van der Waals surface area contributed by atoms with E-state index in [1.807, 2.05) is 0 Å². The Hall–Kier alpha value is -4.46. The lowest BCUT2D eigenvalue weighted by molar-refractivity contribution is -0.141. The van der Waals surface area contributed by atoms with Crippen LogP contribution >= 0.6 is 11.3 Å². The third-order valence-electron chi connectivity index (χ3n) is 6.21. The number of fused-ring (bicyclic) bond motifs is 2. The standard InChI is InChI=1S/C27H29N3O10S/c1-37-19-10-15-13-30(23(32)5-7-25(35)36)14-17(15)29-26(19)39-8-3-9-40-27-20(38-2)12-21-16(28-27)11-22(41-21)18(31)4-6-24(33)34/h10-12H,3-9,13-14H2,1-2H3,(H,33,34)(H,35,36). The number of carboxylic acids is 2. The number of hydrogen-bond acceptors (Lipinski definition) is 11. The van der Waals surface area contributed by atoms with E-state index in [2.05, 4.69) is 9.97 Å². The van der Waals surface area contributed by atoms with Crippen LogP contribution in [-0.4, -0.2) is 76.1 Å². The molecule has 0 aromatic carbocycles. The van der Waals surface area contributed by atoms with Crippen molar-refractivity contribution >= 4 is 45.2 Å². The molecule has 218 valence electrons. The Labute approximate surface area is 238 Å². The SMILES string of the molecule is COc1cc2c(nc1OCCCOc1nc3cc(C(=O)CCC(=O)O)sc3cc1OC)CN(C(=O)CCC(=O)O)C2. The molecule has 0 saturated heterocycles. The highest BCUT2D eigenvalue weighted by Crippen LogP contribution is 2.35. The number of ether oxygens (including phenoxy) is 4. The molecule has 3 aromatic heterocycles. The number of aliphatic carboxylic acids is 2. The Balaban J connectivity index is 1.33. The molecule has 0 atom stereocenters. The number of ketones is 1. The van der Waals surface area contributed by atoms with Crippen molar-refractivity contribution in [2.24, 2.45) is 0 Å². The fourth-order valence-electron chi connectivity index (χ4n) is 4.13. The van der Waals surface area contributed by atoms with Crippen molar-refractivity contribution in [3.63, 3.8) is 0 Å². The van der Waals surface area contributed by atoms with E-state index >= 15 is 0 Å². The quantitative estimate of drug-likeness (QED) is 0.196. The summed E-state index contributed by atoms with van der Waals surface area (Å²) in [6.45, 7) is 1.07. The van der Waals surface area contributed by atoms with Crippen molar-refractivity contribution < 1.29 is 48.3 Å². The van der Waals surface area contributed by atoms with Gasteiger partial charge in [-0.2, -0.15) is 0 Å². The molecule has 0 fully saturated rings. The van der Waals surface area contributed by atoms with Crippen LogP contribution in [0.4, 0.5) is 0 Å². The number of thiophene rings is 1. The Morgan fingerprint density at radius 1 is 0.854 bits per heavy atom. The molecular weight excluding hydrogens is 558 g/mol. The van der Waals surface area contributed by atoms with Crippen LogP contribution in [0.3, 0.4) is 0 Å². The number of hydrogen-bond donors (Lipinski definition) is 2. The smallest absolute Gasteiger partial charge is 0.303 e. The highest BCUT2D eigenvalue weighted by atomic mass is 32.1. The molecule has 0 saturated carbocycles. The number of nitrogens with zero attached hydrogens (tertiary/aromatic N) is 3. The second-order valence-corrected chi connectivity index (χ2v) is 10.2. The highest BCUT2D eigenvalue weighted by Gasteiger charge is 2.27. The number of carbonyl (C=O) groups is 4. The Morgan fingerprint density at radius 2 is 1.49 bits per heavy atom. The van der Waals surface area contributed by atoms with Gasteiger partial charge in [0.25, 0.3) is 11.8 Å². The number of methoxy groups -OCH3 is 2. The fourth-order valence-corrected chi connectivity index (χ4v) is 5.12. The first-order valence-corrected chi connectivity index (χ1v) is 13.6. The average molecular weight is 588 g/mol. The molecule has 2 N–H and O–H groups in total. The maximum absolute atomic E-state index is 12.3. The molecule has 1 amide bonds. The molecule has 4 rings (SSSR count). The minimum atomic E-state index is -1.03. The monoisotopic (exact) mass is 587 g/mol. The van der Waals surface area contributed by atoms with E-state index in [9.17, 15) is 19.2 Å². The molecule has 3 aromatic rings. The zero-order chi connectivity index (χ0) is 29.5. The fraction of sp³-hybridized carbons (Fsp3) is 0.407. The number of pyridine rings is 2. The topological polar surface area (TPSA) is 175 Å². The summed E-state index contributed by atoms with van der Waals surface area (Å²) in [7, 11) is 2.98. The van der Waals surface area contributed by atoms with Crippen LogP contribution in [-0.2, 0) is 27.5 Å². The summed E-state index contributed by atoms with van der Waals surface area (Å²) in [6.07, 6.45) is -0.159. The van der Waals surface area contributed by atoms with E-state index < -0.39 is 11.9 Å². The van der Waals surface area contributed by atoms with E-state index in [1.165, 1.54) is 25.6 Å². The van der Waals surface area contributed by atoms with Gasteiger partial charge in [0.15, 0.2) is 17.3 Å². The van der Waals surface area contributed by atoms with E-state index in [-0.39, 0.29) is 68.9 Å². The predicted octanol–water partition coefficient (Wildman–Crippen LogP) is 3.31. The molecular formula is C27H29N3O10S. The van der Waals surface area contributed by atoms with Gasteiger partial charge in [0.05, 0.1) is 67.6 Å². The summed E-state index contributed by atoms with van der Waals surface area (Å²) < 4.78 is 23.2. The van der Waals surface area contributed by atoms with Gasteiger partial charge in [-0.15, -0.1) is 11.3 Å². The summed E-state index contributed by atoms with van der Waals surface area (Å²) in [4.78, 5) is 57.1. The first kappa shape index (κ1) is 29.5. The van der Waals surface area contributed by atoms with Crippen LogP contribution in [0.2, 0.25) is 0 Å². The maximum Gasteiger partial charge on any atom is 0.303 e. The minimum absolute atomic E-state index is 0.0745. The Bertz CT molecular complexity index is 1470. The zero-order valence-electron chi connectivity index (χ0n) is 22.5. The minimum Gasteiger partial charge on any atom is -0.491 e. The van der Waals surface area contributed by atoms with Crippen molar-refractivity contribution in [3.05, 3.63) is 34.3 Å². The molecule has 1 aliphatic rings. The van der Waals surface area contributed by atoms with Gasteiger partial charge >= 0.3 is 11.9 Å². The van der Waals surface area contributed by atoms with Crippen molar-refractivity contribution in [1.82, 2.24) is 14.9 Å². The van der Waals surface area contributed by atoms with E-state index in [4.69, 9.17) is 29.2 Å². The number of rotatable bonds is 15. The molecule has 41 heavy (non-hydrogen) atoms. The van der Waals surface area contributed by atoms with Gasteiger partial charge < -0.3 is 34.1 Å². The molecule has 13 nitrogen and oxygen atoms in total. The number of carboxylic acid groups (broad SMARTS) is 2. The van der Waals surface area contributed by atoms with Crippen LogP contribution in [0.25, 0.3) is 10.2 Å². The third-order valence-corrected chi connectivity index (χ3v) is 7.32. The average Bonchev–Trinajstić information content (AvgIpc) is 3.56. The second kappa shape index (κ2) is 13.3. The predicted molar refractivity (Wildman–Crippen MR) is 145 cm³/mol. The largest absolute Gasteiger partial charge is 0.491 e. The number of Topliss-reactive ketones (excluding diaryl/α,β-unsaturated/α-hetero) is 1. The van der Waals surface area contributed by atoms with Gasteiger partial charge in [-0.1, -0.05) is 0 Å². The van der Waals surface area contributed by atoms with Crippen LogP contribution in [0.15, 0.2) is 18.2 Å². The van der Waals surface area contributed by atoms with Crippen molar-refractivity contribution in [1.29, 1.82) is 0 Å². The lowest BCUT2D eigenvalue weighted by Gasteiger charge is -2.13. The van der Waals surface area contributed by atoms with Gasteiger partial charge in [-0.3, -0.25) is 19.2 Å². The number of amides is 1. The summed E-state index contributed by atoms with van der Waals surface area (Å²) in [5.74, 6) is -1.22. The lowest BCUT2D eigenvalue weighted by Crippen LogP contribution is -2.25. The molecule has 4 heterocycles. The van der Waals surface area contributed by atoms with Gasteiger partial charge in [0.2, 0.25) is 5.91 Å². The summed E-state index contributed by atoms with van der Waals surface area (Å²) in [6, 6.07) is 5.11. The maximum atomic E-state index is 12.3. The third kappa shape index (κ3) is 7.39. The van der Waals surface area contributed by atoms with E-state index in [1.54, 1.807) is 23.1 Å². The number of aromatic nitrogens is 2. The van der Waals surface area contributed by atoms with E-state index in [0.29, 0.717) is 45.3 Å². The van der Waals surface area contributed by atoms with Gasteiger partial charge in [-0.05, 0) is 17.7 Å². The summed E-state index contributed by atoms with van der Waals surface area (Å²) >= 11 is 1.22. The van der Waals surface area contributed by atoms with Gasteiger partial charge in [0, 0.05) is 31.9 Å². The van der Waals surface area contributed by atoms with E-state index in [0.717, 1.165) is 5.56 Å². The van der Waals surface area contributed by atoms with Crippen LogP contribution < -0.4 is 18.9 Å². The van der Waals surface area contributed by atoms with Crippen LogP contribution in [0, 0.1) is 0 Å². The highest BCUT2D eigenvalue weighted by molar-refractivity contribution is 7.20. The van der Waals surface area contributed by atoms with Crippen LogP contribution in [0.5, 0.6) is 23.3 Å². The van der Waals surface area contributed by atoms with Crippen molar-refractivity contribution in [2.75, 3.05) is 27.4 Å². The molecule has 0 unspecified atom stereocenters. The molecule has 1 aliphatic heterocycles. The molecule has 14 heteroatoms. The molecule has 0 aliphatic carbocycles. The number of carbonyl (C=O) groups excluding carboxylic acids is 2. The summed E-state index contributed by atoms with van der Waals surface area (Å²) in [5, 5.41) is 17.6. The normalized spacial score (nSPS) is 12.2. The molecule has 0 bridgehead atoms. The lowest BCUT2D eigenvalue weighted by atomic mass is 10.2. The Morgan fingerprint density at radius 3 is 2.15 bits per heavy atom. The first-order valence-electron chi connectivity index (χ1n) is 12.7. The molecule has 0 radical (unpaired) electrons. The Kier molecular flexibility index (Phi) is 9.55. The van der Waals surface area contributed by atoms with Crippen molar-refractivity contribution in [2.45, 2.75) is 45.2 Å². The second-order valence-electron chi connectivity index (χ2n) is 9.10.